The van der Waals surface area contributed by atoms with E-state index in [4.69, 9.17) is 9.47 Å². The van der Waals surface area contributed by atoms with E-state index in [0.29, 0.717) is 18.5 Å². The van der Waals surface area contributed by atoms with E-state index in [9.17, 15) is 9.59 Å². The zero-order chi connectivity index (χ0) is 21.7. The van der Waals surface area contributed by atoms with Gasteiger partial charge >= 0.3 is 12.1 Å². The lowest BCUT2D eigenvalue weighted by Gasteiger charge is -2.32. The Morgan fingerprint density at radius 1 is 0.967 bits per heavy atom. The number of nitrogens with zero attached hydrogens (tertiary/aromatic N) is 1. The minimum atomic E-state index is -0.588. The summed E-state index contributed by atoms with van der Waals surface area (Å²) in [5.74, 6) is -0.383. The van der Waals surface area contributed by atoms with E-state index in [0.717, 1.165) is 22.3 Å². The second-order valence-electron chi connectivity index (χ2n) is 8.28. The van der Waals surface area contributed by atoms with Gasteiger partial charge in [-0.05, 0) is 62.4 Å². The van der Waals surface area contributed by atoms with Crippen LogP contribution in [0, 0.1) is 0 Å². The molecule has 1 aliphatic heterocycles. The Kier molecular flexibility index (Phi) is 6.60. The summed E-state index contributed by atoms with van der Waals surface area (Å²) in [5.41, 5.74) is 4.02. The Morgan fingerprint density at radius 2 is 1.63 bits per heavy atom. The molecule has 0 bridgehead atoms. The van der Waals surface area contributed by atoms with Gasteiger partial charge < -0.3 is 14.4 Å². The third kappa shape index (κ3) is 5.29. The van der Waals surface area contributed by atoms with Gasteiger partial charge in [0.15, 0.2) is 0 Å². The first-order valence-corrected chi connectivity index (χ1v) is 10.3. The molecule has 0 unspecified atom stereocenters. The van der Waals surface area contributed by atoms with Crippen LogP contribution in [0.25, 0.3) is 16.7 Å². The van der Waals surface area contributed by atoms with E-state index in [1.165, 1.54) is 0 Å². The van der Waals surface area contributed by atoms with Crippen LogP contribution in [0.2, 0.25) is 0 Å². The van der Waals surface area contributed by atoms with Gasteiger partial charge in [0.1, 0.15) is 5.60 Å². The number of amides is 1. The van der Waals surface area contributed by atoms with E-state index in [2.05, 4.69) is 24.3 Å². The summed E-state index contributed by atoms with van der Waals surface area (Å²) in [6.45, 7) is 8.22. The molecule has 1 heterocycles. The molecule has 158 valence electrons. The number of hydrogen-bond acceptors (Lipinski definition) is 4. The molecular weight excluding hydrogens is 378 g/mol. The smallest absolute Gasteiger partial charge is 0.410 e. The number of carbonyl (C=O) groups excluding carboxylic acids is 2. The van der Waals surface area contributed by atoms with E-state index >= 15 is 0 Å². The lowest BCUT2D eigenvalue weighted by molar-refractivity contribution is -0.138. The molecule has 0 spiro atoms. The SMILES string of the molecule is CCOC(=O)C1=C(c2cccc(-c3ccccc3)c2)CCN(C(=O)OC(C)(C)C)C1. The molecule has 0 fully saturated rings. The van der Waals surface area contributed by atoms with Gasteiger partial charge in [-0.2, -0.15) is 0 Å². The normalized spacial score (nSPS) is 14.5. The Morgan fingerprint density at radius 3 is 2.30 bits per heavy atom. The highest BCUT2D eigenvalue weighted by molar-refractivity contribution is 5.99. The van der Waals surface area contributed by atoms with Crippen LogP contribution in [0.1, 0.15) is 39.7 Å². The van der Waals surface area contributed by atoms with Crippen molar-refractivity contribution < 1.29 is 19.1 Å². The number of benzene rings is 2. The number of carbonyl (C=O) groups is 2. The summed E-state index contributed by atoms with van der Waals surface area (Å²) < 4.78 is 10.8. The van der Waals surface area contributed by atoms with Crippen LogP contribution < -0.4 is 0 Å². The van der Waals surface area contributed by atoms with Gasteiger partial charge in [-0.1, -0.05) is 48.5 Å². The summed E-state index contributed by atoms with van der Waals surface area (Å²) in [6.07, 6.45) is 0.146. The molecule has 1 amide bonds. The van der Waals surface area contributed by atoms with Crippen molar-refractivity contribution in [2.45, 2.75) is 39.7 Å². The molecule has 2 aromatic carbocycles. The van der Waals surface area contributed by atoms with Crippen molar-refractivity contribution in [2.24, 2.45) is 0 Å². The zero-order valence-electron chi connectivity index (χ0n) is 18.1. The first kappa shape index (κ1) is 21.6. The number of ether oxygens (including phenoxy) is 2. The van der Waals surface area contributed by atoms with Crippen LogP contribution in [-0.2, 0) is 14.3 Å². The molecule has 0 radical (unpaired) electrons. The van der Waals surface area contributed by atoms with Crippen molar-refractivity contribution >= 4 is 17.6 Å². The molecule has 0 aliphatic carbocycles. The van der Waals surface area contributed by atoms with Crippen molar-refractivity contribution in [3.8, 4) is 11.1 Å². The summed E-state index contributed by atoms with van der Waals surface area (Å²) >= 11 is 0. The molecule has 0 saturated carbocycles. The van der Waals surface area contributed by atoms with Gasteiger partial charge in [-0.15, -0.1) is 0 Å². The van der Waals surface area contributed by atoms with Crippen LogP contribution in [-0.4, -0.2) is 42.3 Å². The maximum Gasteiger partial charge on any atom is 0.410 e. The van der Waals surface area contributed by atoms with E-state index < -0.39 is 11.7 Å². The van der Waals surface area contributed by atoms with Crippen LogP contribution in [0.4, 0.5) is 4.79 Å². The Labute approximate surface area is 178 Å². The highest BCUT2D eigenvalue weighted by Crippen LogP contribution is 2.31. The fourth-order valence-corrected chi connectivity index (χ4v) is 3.49. The van der Waals surface area contributed by atoms with Gasteiger partial charge in [0.25, 0.3) is 0 Å². The summed E-state index contributed by atoms with van der Waals surface area (Å²) in [7, 11) is 0. The molecule has 30 heavy (non-hydrogen) atoms. The highest BCUT2D eigenvalue weighted by Gasteiger charge is 2.31. The second-order valence-corrected chi connectivity index (χ2v) is 8.28. The summed E-state index contributed by atoms with van der Waals surface area (Å²) in [5, 5.41) is 0. The third-order valence-electron chi connectivity index (χ3n) is 4.84. The largest absolute Gasteiger partial charge is 0.463 e. The van der Waals surface area contributed by atoms with Crippen molar-refractivity contribution in [3.05, 3.63) is 65.7 Å². The second kappa shape index (κ2) is 9.16. The number of esters is 1. The van der Waals surface area contributed by atoms with Crippen LogP contribution in [0.15, 0.2) is 60.2 Å². The van der Waals surface area contributed by atoms with Gasteiger partial charge in [0.2, 0.25) is 0 Å². The van der Waals surface area contributed by atoms with Crippen LogP contribution in [0.5, 0.6) is 0 Å². The quantitative estimate of drug-likeness (QED) is 0.645. The molecule has 2 aromatic rings. The van der Waals surface area contributed by atoms with Gasteiger partial charge in [0, 0.05) is 6.54 Å². The first-order valence-electron chi connectivity index (χ1n) is 10.3. The van der Waals surface area contributed by atoms with E-state index in [-0.39, 0.29) is 19.1 Å². The molecular formula is C25H29NO4. The van der Waals surface area contributed by atoms with Crippen LogP contribution in [0.3, 0.4) is 0 Å². The minimum Gasteiger partial charge on any atom is -0.463 e. The van der Waals surface area contributed by atoms with Crippen molar-refractivity contribution in [3.63, 3.8) is 0 Å². The minimum absolute atomic E-state index is 0.179. The Bertz CT molecular complexity index is 941. The van der Waals surface area contributed by atoms with Gasteiger partial charge in [-0.25, -0.2) is 9.59 Å². The maximum atomic E-state index is 12.7. The third-order valence-corrected chi connectivity index (χ3v) is 4.84. The average molecular weight is 408 g/mol. The molecule has 3 rings (SSSR count). The fraction of sp³-hybridized carbons (Fsp3) is 0.360. The molecule has 5 nitrogen and oxygen atoms in total. The predicted octanol–water partition coefficient (Wildman–Crippen LogP) is 5.31. The number of rotatable bonds is 4. The molecule has 0 N–H and O–H groups in total. The average Bonchev–Trinajstić information content (AvgIpc) is 2.73. The lowest BCUT2D eigenvalue weighted by Crippen LogP contribution is -2.42. The van der Waals surface area contributed by atoms with Gasteiger partial charge in [-0.3, -0.25) is 0 Å². The molecule has 0 saturated heterocycles. The van der Waals surface area contributed by atoms with Crippen molar-refractivity contribution in [2.75, 3.05) is 19.7 Å². The fourth-order valence-electron chi connectivity index (χ4n) is 3.49. The lowest BCUT2D eigenvalue weighted by atomic mass is 9.91. The van der Waals surface area contributed by atoms with Crippen LogP contribution >= 0.6 is 0 Å². The standard InChI is InChI=1S/C25H29NO4/c1-5-29-23(27)22-17-26(24(28)30-25(2,3)4)15-14-21(22)20-13-9-12-19(16-20)18-10-7-6-8-11-18/h6-13,16H,5,14-15,17H2,1-4H3. The first-order chi connectivity index (χ1) is 14.3. The van der Waals surface area contributed by atoms with Crippen molar-refractivity contribution in [1.82, 2.24) is 4.90 Å². The monoisotopic (exact) mass is 407 g/mol. The zero-order valence-corrected chi connectivity index (χ0v) is 18.1. The summed E-state index contributed by atoms with van der Waals surface area (Å²) in [6, 6.07) is 18.3. The van der Waals surface area contributed by atoms with Crippen molar-refractivity contribution in [1.29, 1.82) is 0 Å². The topological polar surface area (TPSA) is 55.8 Å². The molecule has 0 aromatic heterocycles. The predicted molar refractivity (Wildman–Crippen MR) is 118 cm³/mol. The highest BCUT2D eigenvalue weighted by atomic mass is 16.6. The number of hydrogen-bond donors (Lipinski definition) is 0. The summed E-state index contributed by atoms with van der Waals surface area (Å²) in [4.78, 5) is 26.9. The van der Waals surface area contributed by atoms with Gasteiger partial charge in [0.05, 0.1) is 18.7 Å². The molecule has 5 heteroatoms. The Balaban J connectivity index is 1.95. The van der Waals surface area contributed by atoms with E-state index in [1.807, 2.05) is 51.1 Å². The molecule has 1 aliphatic rings. The van der Waals surface area contributed by atoms with E-state index in [1.54, 1.807) is 11.8 Å². The maximum absolute atomic E-state index is 12.7. The Hall–Kier alpha value is -3.08. The molecule has 0 atom stereocenters.